The van der Waals surface area contributed by atoms with Gasteiger partial charge < -0.3 is 10.0 Å². The average molecular weight is 301 g/mol. The SMILES string of the molecule is CC(C)c1ccc2c(c1)CCCN2C(=O)C1CCC1C(=O)O. The molecule has 0 aromatic heterocycles. The van der Waals surface area contributed by atoms with Gasteiger partial charge in [0, 0.05) is 12.2 Å². The van der Waals surface area contributed by atoms with Crippen molar-refractivity contribution in [1.29, 1.82) is 0 Å². The third kappa shape index (κ3) is 2.51. The molecule has 1 fully saturated rings. The topological polar surface area (TPSA) is 57.6 Å². The van der Waals surface area contributed by atoms with Gasteiger partial charge in [-0.05, 0) is 48.8 Å². The number of benzene rings is 1. The fraction of sp³-hybridized carbons (Fsp3) is 0.556. The zero-order valence-corrected chi connectivity index (χ0v) is 13.2. The van der Waals surface area contributed by atoms with Crippen LogP contribution in [-0.4, -0.2) is 23.5 Å². The van der Waals surface area contributed by atoms with Crippen LogP contribution in [0.3, 0.4) is 0 Å². The minimum Gasteiger partial charge on any atom is -0.481 e. The van der Waals surface area contributed by atoms with E-state index in [0.29, 0.717) is 25.3 Å². The lowest BCUT2D eigenvalue weighted by Crippen LogP contribution is -2.47. The van der Waals surface area contributed by atoms with Crippen LogP contribution in [0.2, 0.25) is 0 Å². The maximum absolute atomic E-state index is 12.7. The van der Waals surface area contributed by atoms with E-state index < -0.39 is 11.9 Å². The van der Waals surface area contributed by atoms with Crippen molar-refractivity contribution in [2.45, 2.75) is 45.4 Å². The Labute approximate surface area is 131 Å². The predicted octanol–water partition coefficient (Wildman–Crippen LogP) is 3.20. The molecule has 2 atom stereocenters. The third-order valence-electron chi connectivity index (χ3n) is 5.06. The van der Waals surface area contributed by atoms with Crippen LogP contribution in [0.1, 0.15) is 50.2 Å². The number of aryl methyl sites for hydroxylation is 1. The van der Waals surface area contributed by atoms with Crippen LogP contribution < -0.4 is 4.90 Å². The van der Waals surface area contributed by atoms with E-state index in [1.165, 1.54) is 11.1 Å². The van der Waals surface area contributed by atoms with E-state index in [9.17, 15) is 14.7 Å². The van der Waals surface area contributed by atoms with Crippen LogP contribution in [0, 0.1) is 11.8 Å². The number of aliphatic carboxylic acids is 1. The summed E-state index contributed by atoms with van der Waals surface area (Å²) >= 11 is 0. The Morgan fingerprint density at radius 1 is 1.23 bits per heavy atom. The molecule has 22 heavy (non-hydrogen) atoms. The summed E-state index contributed by atoms with van der Waals surface area (Å²) in [7, 11) is 0. The van der Waals surface area contributed by atoms with Gasteiger partial charge in [-0.1, -0.05) is 26.0 Å². The fourth-order valence-electron chi connectivity index (χ4n) is 3.50. The van der Waals surface area contributed by atoms with Crippen LogP contribution in [0.4, 0.5) is 5.69 Å². The van der Waals surface area contributed by atoms with Crippen LogP contribution >= 0.6 is 0 Å². The van der Waals surface area contributed by atoms with Crippen molar-refractivity contribution in [3.63, 3.8) is 0 Å². The molecule has 1 heterocycles. The Hall–Kier alpha value is -1.84. The second-order valence-corrected chi connectivity index (χ2v) is 6.76. The molecule has 3 rings (SSSR count). The molecule has 118 valence electrons. The Kier molecular flexibility index (Phi) is 3.94. The quantitative estimate of drug-likeness (QED) is 0.932. The molecule has 1 saturated carbocycles. The molecule has 1 amide bonds. The van der Waals surface area contributed by atoms with Crippen LogP contribution in [-0.2, 0) is 16.0 Å². The molecule has 4 nitrogen and oxygen atoms in total. The van der Waals surface area contributed by atoms with Gasteiger partial charge in [-0.25, -0.2) is 0 Å². The van der Waals surface area contributed by atoms with Crippen molar-refractivity contribution in [2.24, 2.45) is 11.8 Å². The van der Waals surface area contributed by atoms with Gasteiger partial charge in [0.1, 0.15) is 0 Å². The monoisotopic (exact) mass is 301 g/mol. The molecular formula is C18H23NO3. The van der Waals surface area contributed by atoms with Gasteiger partial charge in [-0.2, -0.15) is 0 Å². The van der Waals surface area contributed by atoms with Gasteiger partial charge in [0.25, 0.3) is 0 Å². The molecule has 1 aromatic carbocycles. The molecule has 0 spiro atoms. The second kappa shape index (κ2) is 5.75. The largest absolute Gasteiger partial charge is 0.481 e. The number of hydrogen-bond acceptors (Lipinski definition) is 2. The highest BCUT2D eigenvalue weighted by atomic mass is 16.4. The van der Waals surface area contributed by atoms with Crippen molar-refractivity contribution in [3.8, 4) is 0 Å². The van der Waals surface area contributed by atoms with E-state index in [4.69, 9.17) is 0 Å². The molecule has 1 aromatic rings. The molecule has 0 radical (unpaired) electrons. The Morgan fingerprint density at radius 2 is 1.95 bits per heavy atom. The number of fused-ring (bicyclic) bond motifs is 1. The molecule has 0 bridgehead atoms. The summed E-state index contributed by atoms with van der Waals surface area (Å²) in [6.45, 7) is 5.04. The summed E-state index contributed by atoms with van der Waals surface area (Å²) in [5.74, 6) is -1.20. The zero-order valence-electron chi connectivity index (χ0n) is 13.2. The number of carbonyl (C=O) groups is 2. The van der Waals surface area contributed by atoms with Crippen molar-refractivity contribution < 1.29 is 14.7 Å². The highest BCUT2D eigenvalue weighted by Crippen LogP contribution is 2.39. The number of carboxylic acid groups (broad SMARTS) is 1. The van der Waals surface area contributed by atoms with Gasteiger partial charge >= 0.3 is 5.97 Å². The highest BCUT2D eigenvalue weighted by Gasteiger charge is 2.44. The molecule has 2 unspecified atom stereocenters. The summed E-state index contributed by atoms with van der Waals surface area (Å²) in [5.41, 5.74) is 3.49. The van der Waals surface area contributed by atoms with Crippen molar-refractivity contribution >= 4 is 17.6 Å². The number of rotatable bonds is 3. The lowest BCUT2D eigenvalue weighted by Gasteiger charge is -2.38. The second-order valence-electron chi connectivity index (χ2n) is 6.76. The van der Waals surface area contributed by atoms with Crippen molar-refractivity contribution in [3.05, 3.63) is 29.3 Å². The molecule has 1 aliphatic heterocycles. The van der Waals surface area contributed by atoms with Gasteiger partial charge in [0.05, 0.1) is 11.8 Å². The minimum absolute atomic E-state index is 0.00287. The van der Waals surface area contributed by atoms with E-state index in [2.05, 4.69) is 26.0 Å². The number of amides is 1. The lowest BCUT2D eigenvalue weighted by atomic mass is 9.72. The first-order valence-corrected chi connectivity index (χ1v) is 8.16. The zero-order chi connectivity index (χ0) is 15.9. The van der Waals surface area contributed by atoms with Crippen molar-refractivity contribution in [1.82, 2.24) is 0 Å². The summed E-state index contributed by atoms with van der Waals surface area (Å²) < 4.78 is 0. The van der Waals surface area contributed by atoms with Gasteiger partial charge in [-0.3, -0.25) is 9.59 Å². The summed E-state index contributed by atoms with van der Waals surface area (Å²) in [5, 5.41) is 9.17. The van der Waals surface area contributed by atoms with E-state index >= 15 is 0 Å². The Balaban J connectivity index is 1.85. The van der Waals surface area contributed by atoms with E-state index in [0.717, 1.165) is 18.5 Å². The molecule has 1 N–H and O–H groups in total. The standard InChI is InChI=1S/C18H23NO3/c1-11(2)12-5-8-16-13(10-12)4-3-9-19(16)17(20)14-6-7-15(14)18(21)22/h5,8,10-11,14-15H,3-4,6-7,9H2,1-2H3,(H,21,22). The first kappa shape index (κ1) is 15.1. The van der Waals surface area contributed by atoms with Crippen molar-refractivity contribution in [2.75, 3.05) is 11.4 Å². The van der Waals surface area contributed by atoms with Gasteiger partial charge in [0.2, 0.25) is 5.91 Å². The summed E-state index contributed by atoms with van der Waals surface area (Å²) in [6, 6.07) is 6.33. The molecule has 1 aliphatic carbocycles. The maximum Gasteiger partial charge on any atom is 0.307 e. The lowest BCUT2D eigenvalue weighted by molar-refractivity contribution is -0.152. The molecule has 2 aliphatic rings. The fourth-order valence-corrected chi connectivity index (χ4v) is 3.50. The van der Waals surface area contributed by atoms with E-state index in [-0.39, 0.29) is 11.8 Å². The number of anilines is 1. The first-order chi connectivity index (χ1) is 10.5. The van der Waals surface area contributed by atoms with Gasteiger partial charge in [0.15, 0.2) is 0 Å². The average Bonchev–Trinajstić information content (AvgIpc) is 2.44. The number of carboxylic acids is 1. The van der Waals surface area contributed by atoms with E-state index in [1.54, 1.807) is 0 Å². The number of hydrogen-bond donors (Lipinski definition) is 1. The molecule has 4 heteroatoms. The van der Waals surface area contributed by atoms with Crippen LogP contribution in [0.25, 0.3) is 0 Å². The molecule has 0 saturated heterocycles. The Bertz CT molecular complexity index is 608. The maximum atomic E-state index is 12.7. The Morgan fingerprint density at radius 3 is 2.55 bits per heavy atom. The first-order valence-electron chi connectivity index (χ1n) is 8.16. The molecular weight excluding hydrogens is 278 g/mol. The number of nitrogens with zero attached hydrogens (tertiary/aromatic N) is 1. The normalized spacial score (nSPS) is 23.9. The van der Waals surface area contributed by atoms with Gasteiger partial charge in [-0.15, -0.1) is 0 Å². The van der Waals surface area contributed by atoms with Crippen LogP contribution in [0.5, 0.6) is 0 Å². The summed E-state index contributed by atoms with van der Waals surface area (Å²) in [4.78, 5) is 25.7. The number of carbonyl (C=O) groups excluding carboxylic acids is 1. The smallest absolute Gasteiger partial charge is 0.307 e. The predicted molar refractivity (Wildman–Crippen MR) is 85.1 cm³/mol. The summed E-state index contributed by atoms with van der Waals surface area (Å²) in [6.07, 6.45) is 3.27. The van der Waals surface area contributed by atoms with E-state index in [1.807, 2.05) is 11.0 Å². The minimum atomic E-state index is -0.836. The third-order valence-corrected chi connectivity index (χ3v) is 5.06. The van der Waals surface area contributed by atoms with Crippen LogP contribution in [0.15, 0.2) is 18.2 Å². The highest BCUT2D eigenvalue weighted by molar-refractivity contribution is 5.99.